The summed E-state index contributed by atoms with van der Waals surface area (Å²) in [5.74, 6) is -0.520. The van der Waals surface area contributed by atoms with Crippen LogP contribution >= 0.6 is 24.8 Å². The van der Waals surface area contributed by atoms with Crippen molar-refractivity contribution in [2.24, 2.45) is 5.92 Å². The van der Waals surface area contributed by atoms with E-state index in [-0.39, 0.29) is 30.2 Å². The van der Waals surface area contributed by atoms with Crippen molar-refractivity contribution in [3.8, 4) is 11.1 Å². The Morgan fingerprint density at radius 1 is 0.969 bits per heavy atom. The Morgan fingerprint density at radius 3 is 2.03 bits per heavy atom. The summed E-state index contributed by atoms with van der Waals surface area (Å²) in [4.78, 5) is 0. The molecule has 6 heteroatoms. The average Bonchev–Trinajstić information content (AvgIpc) is 3.19. The number of benzene rings is 2. The SMILES string of the molecule is CC1=[C-]C(C)C(C)=C1C.C[Si](C)=[Zr+2].Cl.Cl.Fc1ccc(-c2c[cH-]c3ccccc23)c(F)c1. The molecule has 0 N–H and O–H groups in total. The summed E-state index contributed by atoms with van der Waals surface area (Å²) >= 11 is 1.74. The third-order valence-electron chi connectivity index (χ3n) is 5.14. The summed E-state index contributed by atoms with van der Waals surface area (Å²) < 4.78 is 26.6. The van der Waals surface area contributed by atoms with Crippen LogP contribution in [0.15, 0.2) is 71.3 Å². The molecule has 0 saturated carbocycles. The molecule has 1 aliphatic rings. The first-order valence-electron chi connectivity index (χ1n) is 10.0. The van der Waals surface area contributed by atoms with Gasteiger partial charge >= 0.3 is 41.9 Å². The molecule has 0 nitrogen and oxygen atoms in total. The van der Waals surface area contributed by atoms with E-state index in [0.717, 1.165) is 22.4 Å². The van der Waals surface area contributed by atoms with Crippen LogP contribution in [0.5, 0.6) is 0 Å². The van der Waals surface area contributed by atoms with E-state index in [2.05, 4.69) is 46.9 Å². The second-order valence-electron chi connectivity index (χ2n) is 7.76. The van der Waals surface area contributed by atoms with Crippen molar-refractivity contribution >= 4 is 41.0 Å². The molecule has 1 atom stereocenters. The second-order valence-corrected chi connectivity index (χ2v) is 17.1. The van der Waals surface area contributed by atoms with Gasteiger partial charge in [-0.15, -0.1) is 78.4 Å². The van der Waals surface area contributed by atoms with Crippen LogP contribution < -0.4 is 0 Å². The molecule has 0 heterocycles. The van der Waals surface area contributed by atoms with Crippen LogP contribution in [-0.2, 0) is 23.3 Å². The van der Waals surface area contributed by atoms with E-state index in [0.29, 0.717) is 11.5 Å². The number of hydrogen-bond acceptors (Lipinski definition) is 0. The largest absolute Gasteiger partial charge is 0.207 e. The topological polar surface area (TPSA) is 0 Å². The zero-order valence-electron chi connectivity index (χ0n) is 19.3. The summed E-state index contributed by atoms with van der Waals surface area (Å²) in [6, 6.07) is 15.2. The van der Waals surface area contributed by atoms with Gasteiger partial charge in [0.1, 0.15) is 11.6 Å². The Kier molecular flexibility index (Phi) is 13.9. The summed E-state index contributed by atoms with van der Waals surface area (Å²) in [6.45, 7) is 13.3. The molecule has 0 bridgehead atoms. The molecule has 1 unspecified atom stereocenters. The van der Waals surface area contributed by atoms with Gasteiger partial charge in [0.05, 0.1) is 0 Å². The molecular formula is C26H30Cl2F2SiZr. The van der Waals surface area contributed by atoms with Crippen LogP contribution in [0.4, 0.5) is 8.78 Å². The molecule has 4 rings (SSSR count). The predicted molar refractivity (Wildman–Crippen MR) is 137 cm³/mol. The maximum atomic E-state index is 13.7. The minimum atomic E-state index is -0.554. The minimum Gasteiger partial charge on any atom is -0.207 e. The summed E-state index contributed by atoms with van der Waals surface area (Å²) in [7, 11) is 0. The first-order valence-corrected chi connectivity index (χ1v) is 16.2. The molecule has 0 spiro atoms. The monoisotopic (exact) mass is 568 g/mol. The zero-order valence-corrected chi connectivity index (χ0v) is 24.4. The normalized spacial score (nSPS) is 14.3. The van der Waals surface area contributed by atoms with Crippen molar-refractivity contribution in [1.29, 1.82) is 0 Å². The molecule has 0 saturated heterocycles. The van der Waals surface area contributed by atoms with Crippen molar-refractivity contribution in [2.45, 2.75) is 40.8 Å². The molecule has 0 radical (unpaired) electrons. The molecule has 1 aliphatic carbocycles. The fourth-order valence-electron chi connectivity index (χ4n) is 3.26. The van der Waals surface area contributed by atoms with Gasteiger partial charge in [0.15, 0.2) is 0 Å². The Bertz CT molecular complexity index is 1110. The summed E-state index contributed by atoms with van der Waals surface area (Å²) in [5, 5.41) is 2.05. The van der Waals surface area contributed by atoms with Gasteiger partial charge in [-0.2, -0.15) is 11.1 Å². The number of fused-ring (bicyclic) bond motifs is 1. The van der Waals surface area contributed by atoms with Crippen LogP contribution in [0.3, 0.4) is 0 Å². The zero-order chi connectivity index (χ0) is 22.4. The van der Waals surface area contributed by atoms with Gasteiger partial charge in [-0.25, -0.2) is 14.4 Å². The van der Waals surface area contributed by atoms with Crippen molar-refractivity contribution in [3.63, 3.8) is 0 Å². The van der Waals surface area contributed by atoms with E-state index in [9.17, 15) is 8.78 Å². The Balaban J connectivity index is 0.000000547. The Morgan fingerprint density at radius 2 is 1.56 bits per heavy atom. The van der Waals surface area contributed by atoms with E-state index < -0.39 is 11.6 Å². The van der Waals surface area contributed by atoms with Gasteiger partial charge in [0.2, 0.25) is 0 Å². The van der Waals surface area contributed by atoms with Crippen molar-refractivity contribution in [1.82, 2.24) is 0 Å². The fraction of sp³-hybridized carbons (Fsp3) is 0.269. The molecule has 0 aliphatic heterocycles. The smallest absolute Gasteiger partial charge is 0.126 e. The van der Waals surface area contributed by atoms with Crippen LogP contribution in [0.25, 0.3) is 21.9 Å². The van der Waals surface area contributed by atoms with Gasteiger partial charge in [-0.1, -0.05) is 38.8 Å². The first kappa shape index (κ1) is 31.1. The molecule has 170 valence electrons. The van der Waals surface area contributed by atoms with E-state index in [4.69, 9.17) is 0 Å². The van der Waals surface area contributed by atoms with Gasteiger partial charge in [0, 0.05) is 6.07 Å². The Labute approximate surface area is 218 Å². The number of allylic oxidation sites excluding steroid dienone is 4. The van der Waals surface area contributed by atoms with E-state index in [1.807, 2.05) is 36.4 Å². The van der Waals surface area contributed by atoms with Crippen LogP contribution in [0.2, 0.25) is 13.1 Å². The maximum absolute atomic E-state index is 13.7. The summed E-state index contributed by atoms with van der Waals surface area (Å²) in [6.07, 6.45) is 3.36. The quantitative estimate of drug-likeness (QED) is 0.203. The molecule has 3 aromatic carbocycles. The third-order valence-corrected chi connectivity index (χ3v) is 5.14. The molecular weight excluding hydrogens is 540 g/mol. The van der Waals surface area contributed by atoms with Gasteiger partial charge < -0.3 is 0 Å². The fourth-order valence-corrected chi connectivity index (χ4v) is 3.26. The average molecular weight is 571 g/mol. The Hall–Kier alpha value is -0.930. The van der Waals surface area contributed by atoms with Gasteiger partial charge in [0.25, 0.3) is 0 Å². The van der Waals surface area contributed by atoms with E-state index >= 15 is 0 Å². The van der Waals surface area contributed by atoms with Gasteiger partial charge in [-0.3, -0.25) is 6.08 Å². The number of hydrogen-bond donors (Lipinski definition) is 0. The molecule has 0 fully saturated rings. The molecule has 32 heavy (non-hydrogen) atoms. The van der Waals surface area contributed by atoms with E-state index in [1.165, 1.54) is 28.9 Å². The first-order chi connectivity index (χ1) is 14.1. The molecule has 0 aromatic heterocycles. The maximum Gasteiger partial charge on any atom is 0.126 e. The number of rotatable bonds is 1. The molecule has 0 amide bonds. The summed E-state index contributed by atoms with van der Waals surface area (Å²) in [5.41, 5.74) is 5.70. The molecule has 3 aromatic rings. The van der Waals surface area contributed by atoms with Gasteiger partial charge in [-0.05, 0) is 11.6 Å². The second kappa shape index (κ2) is 14.4. The van der Waals surface area contributed by atoms with Crippen LogP contribution in [-0.4, -0.2) is 5.43 Å². The standard InChI is InChI=1S/C15H9F2.C9H13.C2H6Si.2ClH.Zr/c16-11-6-8-14(15(17)9-11)13-7-5-10-3-1-2-4-12(10)13;1-6-5-7(2)9(4)8(6)3;1-3-2;;;/h1-9H;6H,1-4H3;1-2H3;2*1H;/q2*-1;;;;+2. The minimum absolute atomic E-state index is 0. The van der Waals surface area contributed by atoms with Crippen molar-refractivity contribution in [2.75, 3.05) is 0 Å². The van der Waals surface area contributed by atoms with Crippen LogP contribution in [0.1, 0.15) is 27.7 Å². The third kappa shape index (κ3) is 8.45. The predicted octanol–water partition coefficient (Wildman–Crippen LogP) is 8.85. The van der Waals surface area contributed by atoms with Crippen molar-refractivity contribution < 1.29 is 32.1 Å². The van der Waals surface area contributed by atoms with Crippen molar-refractivity contribution in [3.05, 3.63) is 89.0 Å². The van der Waals surface area contributed by atoms with Crippen LogP contribution in [0, 0.1) is 23.6 Å². The number of halogens is 4. The van der Waals surface area contributed by atoms with E-state index in [1.54, 1.807) is 23.3 Å².